The van der Waals surface area contributed by atoms with Crippen molar-refractivity contribution >= 4 is 0 Å². The third kappa shape index (κ3) is 3.05. The maximum Gasteiger partial charge on any atom is 0.169 e. The van der Waals surface area contributed by atoms with E-state index in [0.717, 1.165) is 35.1 Å². The summed E-state index contributed by atoms with van der Waals surface area (Å²) in [5.74, 6) is 4.35. The van der Waals surface area contributed by atoms with Crippen molar-refractivity contribution < 1.29 is 9.47 Å². The Bertz CT molecular complexity index is 936. The van der Waals surface area contributed by atoms with E-state index in [-0.39, 0.29) is 0 Å². The van der Waals surface area contributed by atoms with Gasteiger partial charge in [0.25, 0.3) is 0 Å². The van der Waals surface area contributed by atoms with Gasteiger partial charge in [0.05, 0.1) is 7.11 Å². The summed E-state index contributed by atoms with van der Waals surface area (Å²) in [6.45, 7) is 2.64. The molecule has 1 saturated heterocycles. The lowest BCUT2D eigenvalue weighted by molar-refractivity contribution is -0.0134. The van der Waals surface area contributed by atoms with Gasteiger partial charge >= 0.3 is 0 Å². The molecule has 6 rings (SSSR count). The molecule has 0 aromatic heterocycles. The van der Waals surface area contributed by atoms with Crippen LogP contribution in [0, 0.1) is 11.8 Å². The first kappa shape index (κ1) is 18.7. The summed E-state index contributed by atoms with van der Waals surface area (Å²) in [4.78, 5) is 2.88. The molecule has 1 heterocycles. The smallest absolute Gasteiger partial charge is 0.169 e. The highest BCUT2D eigenvalue weighted by Crippen LogP contribution is 2.56. The number of piperidine rings is 1. The van der Waals surface area contributed by atoms with E-state index in [2.05, 4.69) is 23.1 Å². The minimum atomic E-state index is 0.372. The zero-order chi connectivity index (χ0) is 20.1. The highest BCUT2D eigenvalue weighted by atomic mass is 16.5. The molecule has 2 saturated carbocycles. The zero-order valence-corrected chi connectivity index (χ0v) is 18.1. The van der Waals surface area contributed by atoms with Crippen molar-refractivity contribution in [1.29, 1.82) is 0 Å². The van der Waals surface area contributed by atoms with E-state index < -0.39 is 0 Å². The maximum absolute atomic E-state index is 6.33. The summed E-state index contributed by atoms with van der Waals surface area (Å²) >= 11 is 0. The third-order valence-corrected chi connectivity index (χ3v) is 8.41. The standard InChI is InChI=1S/C27H33NO2/c1-29-25-7-2-3-8-26(25)30-21-12-11-20-16-24-22-6-4-5-13-27(22,23(20)17-21)14-15-28(24)18-19-9-10-19/h2-3,7-8,11-12,17,19,22,24H,4-6,9-10,13-16,18H2,1H3/t22-,24+,27+/m0/s1. The van der Waals surface area contributed by atoms with E-state index in [1.807, 2.05) is 24.3 Å². The predicted molar refractivity (Wildman–Crippen MR) is 120 cm³/mol. The first-order valence-corrected chi connectivity index (χ1v) is 12.0. The van der Waals surface area contributed by atoms with Crippen molar-refractivity contribution in [2.45, 2.75) is 62.8 Å². The summed E-state index contributed by atoms with van der Waals surface area (Å²) in [6.07, 6.45) is 11.0. The number of methoxy groups -OCH3 is 1. The summed E-state index contributed by atoms with van der Waals surface area (Å²) in [6, 6.07) is 15.6. The Morgan fingerprint density at radius 3 is 2.70 bits per heavy atom. The van der Waals surface area contributed by atoms with Crippen LogP contribution in [0.15, 0.2) is 42.5 Å². The van der Waals surface area contributed by atoms with Gasteiger partial charge in [0.15, 0.2) is 11.5 Å². The van der Waals surface area contributed by atoms with Crippen LogP contribution in [0.5, 0.6) is 17.2 Å². The molecule has 30 heavy (non-hydrogen) atoms. The van der Waals surface area contributed by atoms with Crippen molar-refractivity contribution in [3.05, 3.63) is 53.6 Å². The molecule has 0 unspecified atom stereocenters. The number of para-hydroxylation sites is 2. The number of fused-ring (bicyclic) bond motifs is 1. The normalized spacial score (nSPS) is 30.3. The molecule has 3 aliphatic carbocycles. The average Bonchev–Trinajstić information content (AvgIpc) is 3.60. The molecule has 0 amide bonds. The van der Waals surface area contributed by atoms with Gasteiger partial charge in [0, 0.05) is 18.0 Å². The minimum absolute atomic E-state index is 0.372. The van der Waals surface area contributed by atoms with Crippen molar-refractivity contribution in [3.63, 3.8) is 0 Å². The van der Waals surface area contributed by atoms with Gasteiger partial charge in [0.1, 0.15) is 5.75 Å². The van der Waals surface area contributed by atoms with Gasteiger partial charge in [-0.25, -0.2) is 0 Å². The molecular weight excluding hydrogens is 370 g/mol. The Labute approximate surface area is 180 Å². The van der Waals surface area contributed by atoms with Gasteiger partial charge in [0.2, 0.25) is 0 Å². The van der Waals surface area contributed by atoms with Crippen molar-refractivity contribution in [1.82, 2.24) is 4.90 Å². The molecule has 2 bridgehead atoms. The molecule has 3 heteroatoms. The molecule has 2 aromatic carbocycles. The number of nitrogens with zero attached hydrogens (tertiary/aromatic N) is 1. The Balaban J connectivity index is 1.36. The van der Waals surface area contributed by atoms with Crippen LogP contribution in [0.1, 0.15) is 56.1 Å². The van der Waals surface area contributed by atoms with E-state index in [1.54, 1.807) is 18.2 Å². The molecule has 0 spiro atoms. The Morgan fingerprint density at radius 2 is 1.87 bits per heavy atom. The summed E-state index contributed by atoms with van der Waals surface area (Å²) in [5.41, 5.74) is 3.55. The lowest BCUT2D eigenvalue weighted by Crippen LogP contribution is -2.61. The fourth-order valence-corrected chi connectivity index (χ4v) is 6.82. The van der Waals surface area contributed by atoms with Gasteiger partial charge in [-0.3, -0.25) is 4.90 Å². The maximum atomic E-state index is 6.33. The van der Waals surface area contributed by atoms with Gasteiger partial charge in [-0.1, -0.05) is 31.0 Å². The summed E-state index contributed by atoms with van der Waals surface area (Å²) < 4.78 is 11.8. The number of likely N-dealkylation sites (tertiary alicyclic amines) is 1. The van der Waals surface area contributed by atoms with Crippen LogP contribution in [-0.4, -0.2) is 31.1 Å². The van der Waals surface area contributed by atoms with E-state index in [1.165, 1.54) is 64.5 Å². The third-order valence-electron chi connectivity index (χ3n) is 8.41. The van der Waals surface area contributed by atoms with Crippen LogP contribution >= 0.6 is 0 Å². The van der Waals surface area contributed by atoms with Crippen molar-refractivity contribution in [2.24, 2.45) is 11.8 Å². The van der Waals surface area contributed by atoms with Gasteiger partial charge in [-0.15, -0.1) is 0 Å². The lowest BCUT2D eigenvalue weighted by atomic mass is 9.52. The van der Waals surface area contributed by atoms with Gasteiger partial charge in [-0.2, -0.15) is 0 Å². The first-order valence-electron chi connectivity index (χ1n) is 12.0. The van der Waals surface area contributed by atoms with Crippen LogP contribution in [0.4, 0.5) is 0 Å². The molecule has 4 aliphatic rings. The van der Waals surface area contributed by atoms with Crippen LogP contribution in [0.2, 0.25) is 0 Å². The number of rotatable bonds is 5. The molecule has 0 radical (unpaired) electrons. The van der Waals surface area contributed by atoms with Crippen molar-refractivity contribution in [3.8, 4) is 17.2 Å². The molecule has 158 valence electrons. The highest BCUT2D eigenvalue weighted by molar-refractivity contribution is 5.48. The average molecular weight is 404 g/mol. The van der Waals surface area contributed by atoms with E-state index in [9.17, 15) is 0 Å². The van der Waals surface area contributed by atoms with Gasteiger partial charge < -0.3 is 9.47 Å². The SMILES string of the molecule is COc1ccccc1Oc1ccc2c(c1)[C@@]13CCCC[C@H]1[C@@H](C2)N(CC1CC1)CC3. The second kappa shape index (κ2) is 7.30. The fourth-order valence-electron chi connectivity index (χ4n) is 6.82. The largest absolute Gasteiger partial charge is 0.493 e. The van der Waals surface area contributed by atoms with E-state index >= 15 is 0 Å². The number of hydrogen-bond donors (Lipinski definition) is 0. The second-order valence-corrected chi connectivity index (χ2v) is 10.0. The fraction of sp³-hybridized carbons (Fsp3) is 0.556. The van der Waals surface area contributed by atoms with Crippen molar-refractivity contribution in [2.75, 3.05) is 20.2 Å². The topological polar surface area (TPSA) is 21.7 Å². The predicted octanol–water partition coefficient (Wildman–Crippen LogP) is 5.96. The number of ether oxygens (including phenoxy) is 2. The quantitative estimate of drug-likeness (QED) is 0.615. The van der Waals surface area contributed by atoms with Crippen LogP contribution in [-0.2, 0) is 11.8 Å². The van der Waals surface area contributed by atoms with Crippen LogP contribution in [0.25, 0.3) is 0 Å². The monoisotopic (exact) mass is 403 g/mol. The minimum Gasteiger partial charge on any atom is -0.493 e. The second-order valence-electron chi connectivity index (χ2n) is 10.0. The molecule has 1 aliphatic heterocycles. The van der Waals surface area contributed by atoms with Crippen LogP contribution in [0.3, 0.4) is 0 Å². The summed E-state index contributed by atoms with van der Waals surface area (Å²) in [5, 5.41) is 0. The zero-order valence-electron chi connectivity index (χ0n) is 18.1. The van der Waals surface area contributed by atoms with E-state index in [0.29, 0.717) is 5.41 Å². The molecular formula is C27H33NO2. The summed E-state index contributed by atoms with van der Waals surface area (Å²) in [7, 11) is 1.70. The molecule has 2 aromatic rings. The Hall–Kier alpha value is -2.00. The molecule has 0 N–H and O–H groups in total. The molecule has 3 atom stereocenters. The van der Waals surface area contributed by atoms with Gasteiger partial charge in [-0.05, 0) is 92.3 Å². The Morgan fingerprint density at radius 1 is 1.00 bits per heavy atom. The highest BCUT2D eigenvalue weighted by Gasteiger charge is 2.54. The number of benzene rings is 2. The van der Waals surface area contributed by atoms with E-state index in [4.69, 9.17) is 9.47 Å². The first-order chi connectivity index (χ1) is 14.8. The van der Waals surface area contributed by atoms with Crippen LogP contribution < -0.4 is 9.47 Å². The number of hydrogen-bond acceptors (Lipinski definition) is 3. The lowest BCUT2D eigenvalue weighted by Gasteiger charge is -2.59. The Kier molecular flexibility index (Phi) is 4.56. The molecule has 3 fully saturated rings. The molecule has 3 nitrogen and oxygen atoms in total.